The highest BCUT2D eigenvalue weighted by molar-refractivity contribution is 6.53. The van der Waals surface area contributed by atoms with Crippen molar-refractivity contribution in [2.24, 2.45) is 0 Å². The fourth-order valence-electron chi connectivity index (χ4n) is 3.74. The molecule has 0 fully saturated rings. The Hall–Kier alpha value is -4.11. The number of anilines is 3. The quantitative estimate of drug-likeness (QED) is 0.399. The number of alkyl halides is 3. The Kier molecular flexibility index (Phi) is 6.85. The first-order valence-electron chi connectivity index (χ1n) is 10.8. The maximum atomic E-state index is 13.2. The van der Waals surface area contributed by atoms with Crippen LogP contribution in [-0.4, -0.2) is 17.7 Å². The van der Waals surface area contributed by atoms with Crippen molar-refractivity contribution < 1.29 is 27.6 Å². The summed E-state index contributed by atoms with van der Waals surface area (Å²) in [4.78, 5) is 39.3. The third-order valence-corrected chi connectivity index (χ3v) is 5.89. The molecule has 0 spiro atoms. The second-order valence-corrected chi connectivity index (χ2v) is 8.19. The molecule has 0 atom stereocenters. The molecular weight excluding hydrogens is 495 g/mol. The molecule has 3 aromatic carbocycles. The molecule has 3 aromatic rings. The lowest BCUT2D eigenvalue weighted by molar-refractivity contribution is -0.137. The molecule has 1 aliphatic heterocycles. The Balaban J connectivity index is 1.51. The fourth-order valence-corrected chi connectivity index (χ4v) is 3.95. The average Bonchev–Trinajstić information content (AvgIpc) is 3.07. The zero-order valence-corrected chi connectivity index (χ0v) is 19.6. The topological polar surface area (TPSA) is 78.5 Å². The Bertz CT molecular complexity index is 1380. The zero-order chi connectivity index (χ0) is 26.0. The van der Waals surface area contributed by atoms with Crippen LogP contribution in [0.4, 0.5) is 30.2 Å². The van der Waals surface area contributed by atoms with Gasteiger partial charge in [0, 0.05) is 11.3 Å². The lowest BCUT2D eigenvalue weighted by atomic mass is 10.1. The van der Waals surface area contributed by atoms with E-state index in [0.29, 0.717) is 17.8 Å². The summed E-state index contributed by atoms with van der Waals surface area (Å²) in [6.07, 6.45) is -4.02. The van der Waals surface area contributed by atoms with Gasteiger partial charge < -0.3 is 10.6 Å². The molecule has 0 radical (unpaired) electrons. The highest BCUT2D eigenvalue weighted by atomic mass is 35.5. The van der Waals surface area contributed by atoms with E-state index in [-0.39, 0.29) is 22.0 Å². The van der Waals surface area contributed by atoms with Crippen LogP contribution >= 0.6 is 11.6 Å². The number of amides is 3. The molecule has 6 nitrogen and oxygen atoms in total. The minimum Gasteiger partial charge on any atom is -0.350 e. The van der Waals surface area contributed by atoms with E-state index in [2.05, 4.69) is 10.6 Å². The molecule has 184 valence electrons. The van der Waals surface area contributed by atoms with Crippen molar-refractivity contribution in [3.8, 4) is 0 Å². The Morgan fingerprint density at radius 3 is 2.22 bits per heavy atom. The number of halogens is 4. The summed E-state index contributed by atoms with van der Waals surface area (Å²) in [5.74, 6) is -2.04. The third-order valence-electron chi connectivity index (χ3n) is 5.54. The normalized spacial score (nSPS) is 13.9. The van der Waals surface area contributed by atoms with Gasteiger partial charge in [-0.3, -0.25) is 14.4 Å². The van der Waals surface area contributed by atoms with Gasteiger partial charge in [0.15, 0.2) is 0 Å². The van der Waals surface area contributed by atoms with E-state index in [1.807, 2.05) is 13.0 Å². The lowest BCUT2D eigenvalue weighted by Gasteiger charge is -2.18. The standard InChI is InChI=1S/C26H19ClF3N3O3/c1-2-15-7-3-6-10-20(15)33-24(35)21(27)22(25(33)36)31-17-13-11-16(12-14-17)23(34)32-19-9-5-4-8-18(19)26(28,29)30/h3-14,31H,2H2,1H3,(H,32,34). The number of aryl methyl sites for hydroxylation is 1. The molecule has 1 aliphatic rings. The van der Waals surface area contributed by atoms with Gasteiger partial charge in [-0.05, 0) is 54.4 Å². The van der Waals surface area contributed by atoms with Crippen LogP contribution in [0.3, 0.4) is 0 Å². The molecule has 0 unspecified atom stereocenters. The number of benzene rings is 3. The van der Waals surface area contributed by atoms with Crippen molar-refractivity contribution in [2.45, 2.75) is 19.5 Å². The molecule has 36 heavy (non-hydrogen) atoms. The number of rotatable bonds is 6. The molecule has 4 rings (SSSR count). The van der Waals surface area contributed by atoms with E-state index in [0.717, 1.165) is 22.6 Å². The molecule has 0 aromatic heterocycles. The van der Waals surface area contributed by atoms with Gasteiger partial charge in [-0.2, -0.15) is 13.2 Å². The summed E-state index contributed by atoms with van der Waals surface area (Å²) in [7, 11) is 0. The zero-order valence-electron chi connectivity index (χ0n) is 18.8. The summed E-state index contributed by atoms with van der Waals surface area (Å²) in [6.45, 7) is 1.90. The van der Waals surface area contributed by atoms with Crippen LogP contribution in [0.15, 0.2) is 83.5 Å². The Labute approximate surface area is 209 Å². The molecular formula is C26H19ClF3N3O3. The van der Waals surface area contributed by atoms with Gasteiger partial charge in [-0.25, -0.2) is 4.90 Å². The average molecular weight is 514 g/mol. The maximum Gasteiger partial charge on any atom is 0.418 e. The predicted octanol–water partition coefficient (Wildman–Crippen LogP) is 5.96. The van der Waals surface area contributed by atoms with Crippen molar-refractivity contribution in [1.82, 2.24) is 0 Å². The molecule has 0 saturated heterocycles. The molecule has 1 heterocycles. The van der Waals surface area contributed by atoms with Gasteiger partial charge in [0.05, 0.1) is 16.9 Å². The molecule has 3 amide bonds. The molecule has 0 bridgehead atoms. The first-order valence-corrected chi connectivity index (χ1v) is 11.2. The highest BCUT2D eigenvalue weighted by Crippen LogP contribution is 2.35. The van der Waals surface area contributed by atoms with Gasteiger partial charge >= 0.3 is 6.18 Å². The van der Waals surface area contributed by atoms with Crippen LogP contribution in [0.2, 0.25) is 0 Å². The molecule has 0 saturated carbocycles. The summed E-state index contributed by atoms with van der Waals surface area (Å²) < 4.78 is 39.6. The minimum atomic E-state index is -4.62. The number of hydrogen-bond acceptors (Lipinski definition) is 4. The number of carbonyl (C=O) groups excluding carboxylic acids is 3. The first kappa shape index (κ1) is 25.0. The second-order valence-electron chi connectivity index (χ2n) is 7.82. The Morgan fingerprint density at radius 2 is 1.56 bits per heavy atom. The van der Waals surface area contributed by atoms with E-state index in [4.69, 9.17) is 11.6 Å². The number of carbonyl (C=O) groups is 3. The smallest absolute Gasteiger partial charge is 0.350 e. The van der Waals surface area contributed by atoms with Crippen LogP contribution in [0.5, 0.6) is 0 Å². The summed E-state index contributed by atoms with van der Waals surface area (Å²) in [5, 5.41) is 4.79. The van der Waals surface area contributed by atoms with Gasteiger partial charge in [-0.15, -0.1) is 0 Å². The van der Waals surface area contributed by atoms with Gasteiger partial charge in [-0.1, -0.05) is 48.9 Å². The van der Waals surface area contributed by atoms with Crippen LogP contribution in [0.25, 0.3) is 0 Å². The van der Waals surface area contributed by atoms with E-state index in [9.17, 15) is 27.6 Å². The number of hydrogen-bond donors (Lipinski definition) is 2. The number of para-hydroxylation sites is 2. The van der Waals surface area contributed by atoms with E-state index >= 15 is 0 Å². The summed E-state index contributed by atoms with van der Waals surface area (Å²) in [5.41, 5.74) is 0.230. The van der Waals surface area contributed by atoms with Crippen LogP contribution < -0.4 is 15.5 Å². The molecule has 10 heteroatoms. The van der Waals surface area contributed by atoms with E-state index < -0.39 is 29.5 Å². The number of nitrogens with one attached hydrogen (secondary N) is 2. The monoisotopic (exact) mass is 513 g/mol. The largest absolute Gasteiger partial charge is 0.418 e. The second kappa shape index (κ2) is 9.87. The maximum absolute atomic E-state index is 13.2. The fraction of sp³-hybridized carbons (Fsp3) is 0.115. The van der Waals surface area contributed by atoms with Crippen molar-refractivity contribution in [3.63, 3.8) is 0 Å². The predicted molar refractivity (Wildman–Crippen MR) is 131 cm³/mol. The van der Waals surface area contributed by atoms with Crippen molar-refractivity contribution >= 4 is 46.4 Å². The molecule has 0 aliphatic carbocycles. The lowest BCUT2D eigenvalue weighted by Crippen LogP contribution is -2.33. The molecule has 2 N–H and O–H groups in total. The summed E-state index contributed by atoms with van der Waals surface area (Å²) in [6, 6.07) is 17.3. The van der Waals surface area contributed by atoms with Gasteiger partial charge in [0.2, 0.25) is 0 Å². The highest BCUT2D eigenvalue weighted by Gasteiger charge is 2.39. The minimum absolute atomic E-state index is 0.0879. The first-order chi connectivity index (χ1) is 17.1. The van der Waals surface area contributed by atoms with E-state index in [1.54, 1.807) is 18.2 Å². The van der Waals surface area contributed by atoms with Crippen LogP contribution in [-0.2, 0) is 22.2 Å². The Morgan fingerprint density at radius 1 is 0.917 bits per heavy atom. The van der Waals surface area contributed by atoms with Gasteiger partial charge in [0.25, 0.3) is 17.7 Å². The number of nitrogens with zero attached hydrogens (tertiary/aromatic N) is 1. The van der Waals surface area contributed by atoms with Crippen LogP contribution in [0.1, 0.15) is 28.4 Å². The van der Waals surface area contributed by atoms with Gasteiger partial charge in [0.1, 0.15) is 10.7 Å². The van der Waals surface area contributed by atoms with Crippen molar-refractivity contribution in [1.29, 1.82) is 0 Å². The van der Waals surface area contributed by atoms with Crippen molar-refractivity contribution in [3.05, 3.63) is 100 Å². The van der Waals surface area contributed by atoms with Crippen LogP contribution in [0, 0.1) is 0 Å². The van der Waals surface area contributed by atoms with Crippen molar-refractivity contribution in [2.75, 3.05) is 15.5 Å². The SMILES string of the molecule is CCc1ccccc1N1C(=O)C(Cl)=C(Nc2ccc(C(=O)Nc3ccccc3C(F)(F)F)cc2)C1=O. The summed E-state index contributed by atoms with van der Waals surface area (Å²) >= 11 is 6.19. The van der Waals surface area contributed by atoms with E-state index in [1.165, 1.54) is 36.4 Å². The number of imide groups is 1. The third kappa shape index (κ3) is 4.83.